The Hall–Kier alpha value is -2.89. The maximum absolute atomic E-state index is 11.8. The van der Waals surface area contributed by atoms with E-state index in [1.165, 1.54) is 6.92 Å². The second-order valence-corrected chi connectivity index (χ2v) is 7.37. The van der Waals surface area contributed by atoms with E-state index in [-0.39, 0.29) is 30.7 Å². The highest BCUT2D eigenvalue weighted by Gasteiger charge is 2.29. The van der Waals surface area contributed by atoms with Crippen molar-refractivity contribution in [1.29, 1.82) is 0 Å². The van der Waals surface area contributed by atoms with Crippen LogP contribution in [0.3, 0.4) is 0 Å². The number of hydrogen-bond acceptors (Lipinski definition) is 6. The van der Waals surface area contributed by atoms with Gasteiger partial charge in [-0.1, -0.05) is 26.0 Å². The molecule has 156 valence electrons. The lowest BCUT2D eigenvalue weighted by Gasteiger charge is -2.29. The van der Waals surface area contributed by atoms with E-state index in [9.17, 15) is 4.79 Å². The van der Waals surface area contributed by atoms with Gasteiger partial charge >= 0.3 is 5.97 Å². The molecule has 3 atom stereocenters. The van der Waals surface area contributed by atoms with Crippen molar-refractivity contribution in [2.24, 2.45) is 11.8 Å². The Balaban J connectivity index is 1.80. The van der Waals surface area contributed by atoms with Gasteiger partial charge < -0.3 is 23.7 Å². The van der Waals surface area contributed by atoms with Gasteiger partial charge in [0.25, 0.3) is 0 Å². The SMILES string of the molecule is COc1ccc(C[C@@H](C)[C@@H](C)C(OC(C)=O)c2ccc3c(c2)OCO3)cc1OC. The van der Waals surface area contributed by atoms with Gasteiger partial charge in [0.1, 0.15) is 6.10 Å². The summed E-state index contributed by atoms with van der Waals surface area (Å²) >= 11 is 0. The van der Waals surface area contributed by atoms with Crippen molar-refractivity contribution in [2.75, 3.05) is 21.0 Å². The quantitative estimate of drug-likeness (QED) is 0.606. The number of methoxy groups -OCH3 is 2. The summed E-state index contributed by atoms with van der Waals surface area (Å²) in [6.07, 6.45) is 0.432. The van der Waals surface area contributed by atoms with Gasteiger partial charge in [-0.15, -0.1) is 0 Å². The topological polar surface area (TPSA) is 63.2 Å². The van der Waals surface area contributed by atoms with Crippen LogP contribution < -0.4 is 18.9 Å². The van der Waals surface area contributed by atoms with Gasteiger partial charge in [-0.05, 0) is 47.7 Å². The molecule has 2 aromatic carbocycles. The Labute approximate surface area is 171 Å². The Morgan fingerprint density at radius 3 is 2.41 bits per heavy atom. The summed E-state index contributed by atoms with van der Waals surface area (Å²) in [5, 5.41) is 0. The molecule has 29 heavy (non-hydrogen) atoms. The highest BCUT2D eigenvalue weighted by molar-refractivity contribution is 5.66. The average molecular weight is 400 g/mol. The van der Waals surface area contributed by atoms with E-state index in [0.717, 1.165) is 17.5 Å². The largest absolute Gasteiger partial charge is 0.493 e. The maximum atomic E-state index is 11.8. The number of rotatable bonds is 8. The number of carbonyl (C=O) groups is 1. The van der Waals surface area contributed by atoms with E-state index in [1.807, 2.05) is 36.4 Å². The summed E-state index contributed by atoms with van der Waals surface area (Å²) in [6.45, 7) is 5.91. The molecular formula is C23H28O6. The Kier molecular flexibility index (Phi) is 6.52. The first kappa shape index (κ1) is 20.8. The summed E-state index contributed by atoms with van der Waals surface area (Å²) in [5.74, 6) is 2.81. The number of esters is 1. The van der Waals surface area contributed by atoms with Crippen molar-refractivity contribution < 1.29 is 28.5 Å². The van der Waals surface area contributed by atoms with E-state index < -0.39 is 0 Å². The lowest BCUT2D eigenvalue weighted by molar-refractivity contribution is -0.150. The zero-order valence-electron chi connectivity index (χ0n) is 17.6. The third-order valence-corrected chi connectivity index (χ3v) is 5.40. The maximum Gasteiger partial charge on any atom is 0.303 e. The molecule has 0 aliphatic carbocycles. The summed E-state index contributed by atoms with van der Waals surface area (Å²) in [6, 6.07) is 11.6. The van der Waals surface area contributed by atoms with Gasteiger partial charge in [0, 0.05) is 12.8 Å². The van der Waals surface area contributed by atoms with Crippen molar-refractivity contribution in [3.05, 3.63) is 47.5 Å². The normalized spacial score (nSPS) is 15.3. The Bertz CT molecular complexity index is 862. The van der Waals surface area contributed by atoms with Crippen molar-refractivity contribution in [3.8, 4) is 23.0 Å². The van der Waals surface area contributed by atoms with Gasteiger partial charge in [-0.3, -0.25) is 4.79 Å². The van der Waals surface area contributed by atoms with E-state index in [2.05, 4.69) is 13.8 Å². The fourth-order valence-corrected chi connectivity index (χ4v) is 3.61. The molecule has 1 aliphatic rings. The molecule has 1 heterocycles. The van der Waals surface area contributed by atoms with E-state index in [1.54, 1.807) is 14.2 Å². The minimum absolute atomic E-state index is 0.0763. The van der Waals surface area contributed by atoms with Gasteiger partial charge in [-0.25, -0.2) is 0 Å². The zero-order chi connectivity index (χ0) is 21.0. The molecule has 0 fully saturated rings. The van der Waals surface area contributed by atoms with Crippen molar-refractivity contribution in [2.45, 2.75) is 33.3 Å². The molecule has 0 radical (unpaired) electrons. The molecule has 0 saturated heterocycles. The first-order valence-corrected chi connectivity index (χ1v) is 9.70. The van der Waals surface area contributed by atoms with Crippen molar-refractivity contribution in [3.63, 3.8) is 0 Å². The first-order chi connectivity index (χ1) is 13.9. The lowest BCUT2D eigenvalue weighted by Crippen LogP contribution is -2.23. The third kappa shape index (κ3) is 4.75. The Morgan fingerprint density at radius 2 is 1.72 bits per heavy atom. The fourth-order valence-electron chi connectivity index (χ4n) is 3.61. The van der Waals surface area contributed by atoms with Crippen LogP contribution in [0, 0.1) is 11.8 Å². The summed E-state index contributed by atoms with van der Waals surface area (Å²) < 4.78 is 27.3. The number of ether oxygens (including phenoxy) is 5. The van der Waals surface area contributed by atoms with Crippen LogP contribution in [0.25, 0.3) is 0 Å². The smallest absolute Gasteiger partial charge is 0.303 e. The zero-order valence-corrected chi connectivity index (χ0v) is 17.6. The highest BCUT2D eigenvalue weighted by Crippen LogP contribution is 2.39. The molecule has 0 N–H and O–H groups in total. The van der Waals surface area contributed by atoms with Crippen molar-refractivity contribution >= 4 is 5.97 Å². The molecule has 6 heteroatoms. The molecule has 0 saturated carbocycles. The first-order valence-electron chi connectivity index (χ1n) is 9.70. The molecule has 0 aromatic heterocycles. The van der Waals surface area contributed by atoms with E-state index in [4.69, 9.17) is 23.7 Å². The third-order valence-electron chi connectivity index (χ3n) is 5.40. The molecule has 0 amide bonds. The molecule has 1 aliphatic heterocycles. The van der Waals surface area contributed by atoms with Crippen molar-refractivity contribution in [1.82, 2.24) is 0 Å². The summed E-state index contributed by atoms with van der Waals surface area (Å²) in [4.78, 5) is 11.8. The van der Waals surface area contributed by atoms with Gasteiger partial charge in [0.15, 0.2) is 23.0 Å². The van der Waals surface area contributed by atoms with Gasteiger partial charge in [0.2, 0.25) is 6.79 Å². The summed E-state index contributed by atoms with van der Waals surface area (Å²) in [7, 11) is 3.25. The van der Waals surface area contributed by atoms with Gasteiger partial charge in [0.05, 0.1) is 14.2 Å². The van der Waals surface area contributed by atoms with Crippen LogP contribution in [0.1, 0.15) is 38.0 Å². The van der Waals surface area contributed by atoms with Crippen LogP contribution in [0.15, 0.2) is 36.4 Å². The second-order valence-electron chi connectivity index (χ2n) is 7.37. The summed E-state index contributed by atoms with van der Waals surface area (Å²) in [5.41, 5.74) is 2.03. The van der Waals surface area contributed by atoms with Crippen LogP contribution in [-0.4, -0.2) is 27.0 Å². The van der Waals surface area contributed by atoms with E-state index >= 15 is 0 Å². The molecule has 0 bridgehead atoms. The minimum Gasteiger partial charge on any atom is -0.493 e. The lowest BCUT2D eigenvalue weighted by atomic mass is 9.83. The number of fused-ring (bicyclic) bond motifs is 1. The molecule has 3 rings (SSSR count). The van der Waals surface area contributed by atoms with Crippen LogP contribution in [-0.2, 0) is 16.0 Å². The number of hydrogen-bond donors (Lipinski definition) is 0. The average Bonchev–Trinajstić information content (AvgIpc) is 3.19. The van der Waals surface area contributed by atoms with Crippen LogP contribution in [0.5, 0.6) is 23.0 Å². The van der Waals surface area contributed by atoms with Gasteiger partial charge in [-0.2, -0.15) is 0 Å². The highest BCUT2D eigenvalue weighted by atomic mass is 16.7. The number of carbonyl (C=O) groups excluding carboxylic acids is 1. The predicted molar refractivity (Wildman–Crippen MR) is 109 cm³/mol. The van der Waals surface area contributed by atoms with E-state index in [0.29, 0.717) is 23.0 Å². The minimum atomic E-state index is -0.378. The second kappa shape index (κ2) is 9.07. The predicted octanol–water partition coefficient (Wildman–Crippen LogP) is 4.55. The number of benzene rings is 2. The van der Waals surface area contributed by atoms with Crippen LogP contribution >= 0.6 is 0 Å². The van der Waals surface area contributed by atoms with Crippen LogP contribution in [0.4, 0.5) is 0 Å². The monoisotopic (exact) mass is 400 g/mol. The van der Waals surface area contributed by atoms with Crippen LogP contribution in [0.2, 0.25) is 0 Å². The standard InChI is InChI=1S/C23H28O6/c1-14(10-17-6-8-19(25-4)21(11-17)26-5)15(2)23(29-16(3)24)18-7-9-20-22(12-18)28-13-27-20/h6-9,11-12,14-15,23H,10,13H2,1-5H3/t14-,15-,23?/m1/s1. The molecule has 6 nitrogen and oxygen atoms in total. The molecule has 0 spiro atoms. The molecular weight excluding hydrogens is 372 g/mol. The molecule has 2 aromatic rings. The Morgan fingerprint density at radius 1 is 1.00 bits per heavy atom. The molecule has 1 unspecified atom stereocenters. The fraction of sp³-hybridized carbons (Fsp3) is 0.435.